The average Bonchev–Trinajstić information content (AvgIpc) is 2.63. The lowest BCUT2D eigenvalue weighted by Gasteiger charge is -2.27. The van der Waals surface area contributed by atoms with Gasteiger partial charge in [0.2, 0.25) is 0 Å². The zero-order chi connectivity index (χ0) is 16.8. The molecule has 8 heteroatoms. The van der Waals surface area contributed by atoms with E-state index in [1.165, 1.54) is 12.1 Å². The number of pyridine rings is 1. The Kier molecular flexibility index (Phi) is 7.38. The lowest BCUT2D eigenvalue weighted by molar-refractivity contribution is 0.0674. The van der Waals surface area contributed by atoms with Crippen molar-refractivity contribution in [3.8, 4) is 11.5 Å². The number of nitrogens with zero attached hydrogens (tertiary/aromatic N) is 3. The van der Waals surface area contributed by atoms with Crippen molar-refractivity contribution in [3.05, 3.63) is 54.1 Å². The SMILES string of the molecule is I.NC(=NCc1cc(Oc2ccc(F)cc2)ccn1)N1CCOCC1. The molecular weight excluding hydrogens is 438 g/mol. The van der Waals surface area contributed by atoms with Crippen LogP contribution in [0, 0.1) is 5.82 Å². The largest absolute Gasteiger partial charge is 0.457 e. The van der Waals surface area contributed by atoms with Crippen molar-refractivity contribution in [2.24, 2.45) is 10.7 Å². The first kappa shape index (κ1) is 19.4. The van der Waals surface area contributed by atoms with E-state index >= 15 is 0 Å². The standard InChI is InChI=1S/C17H19FN4O2.HI/c18-13-1-3-15(4-2-13)24-16-5-6-20-14(11-16)12-21-17(19)22-7-9-23-10-8-22;/h1-6,11H,7-10,12H2,(H2,19,21);1H. The first-order chi connectivity index (χ1) is 11.7. The molecule has 3 rings (SSSR count). The Hall–Kier alpha value is -1.94. The second-order valence-corrected chi connectivity index (χ2v) is 5.31. The van der Waals surface area contributed by atoms with E-state index in [0.717, 1.165) is 18.8 Å². The van der Waals surface area contributed by atoms with E-state index in [0.29, 0.717) is 37.2 Å². The predicted octanol–water partition coefficient (Wildman–Crippen LogP) is 2.78. The van der Waals surface area contributed by atoms with Gasteiger partial charge in [0.1, 0.15) is 17.3 Å². The van der Waals surface area contributed by atoms with Gasteiger partial charge in [-0.2, -0.15) is 0 Å². The lowest BCUT2D eigenvalue weighted by Crippen LogP contribution is -2.44. The molecule has 0 amide bonds. The number of rotatable bonds is 4. The van der Waals surface area contributed by atoms with Gasteiger partial charge in [0.25, 0.3) is 0 Å². The van der Waals surface area contributed by atoms with Gasteiger partial charge in [-0.25, -0.2) is 9.38 Å². The summed E-state index contributed by atoms with van der Waals surface area (Å²) in [7, 11) is 0. The van der Waals surface area contributed by atoms with E-state index in [2.05, 4.69) is 9.98 Å². The van der Waals surface area contributed by atoms with E-state index in [4.69, 9.17) is 15.2 Å². The van der Waals surface area contributed by atoms with Crippen LogP contribution < -0.4 is 10.5 Å². The molecule has 1 aromatic carbocycles. The number of aromatic nitrogens is 1. The van der Waals surface area contributed by atoms with E-state index in [9.17, 15) is 4.39 Å². The predicted molar refractivity (Wildman–Crippen MR) is 104 cm³/mol. The fourth-order valence-electron chi connectivity index (χ4n) is 2.30. The first-order valence-electron chi connectivity index (χ1n) is 7.72. The summed E-state index contributed by atoms with van der Waals surface area (Å²) < 4.78 is 23.9. The van der Waals surface area contributed by atoms with Gasteiger partial charge in [-0.15, -0.1) is 24.0 Å². The fraction of sp³-hybridized carbons (Fsp3) is 0.294. The lowest BCUT2D eigenvalue weighted by atomic mass is 10.3. The quantitative estimate of drug-likeness (QED) is 0.434. The molecule has 2 heterocycles. The Morgan fingerprint density at radius 3 is 2.64 bits per heavy atom. The Morgan fingerprint density at radius 2 is 1.92 bits per heavy atom. The Balaban J connectivity index is 0.00000225. The smallest absolute Gasteiger partial charge is 0.191 e. The number of ether oxygens (including phenoxy) is 2. The summed E-state index contributed by atoms with van der Waals surface area (Å²) >= 11 is 0. The number of halogens is 2. The van der Waals surface area contributed by atoms with Crippen molar-refractivity contribution in [1.82, 2.24) is 9.88 Å². The van der Waals surface area contributed by atoms with E-state index in [1.807, 2.05) is 4.90 Å². The molecule has 1 fully saturated rings. The zero-order valence-corrected chi connectivity index (χ0v) is 15.9. The van der Waals surface area contributed by atoms with E-state index in [-0.39, 0.29) is 29.8 Å². The molecule has 6 nitrogen and oxygen atoms in total. The van der Waals surface area contributed by atoms with Crippen LogP contribution in [0.25, 0.3) is 0 Å². The maximum atomic E-state index is 12.9. The molecule has 1 aliphatic heterocycles. The highest BCUT2D eigenvalue weighted by atomic mass is 127. The number of guanidine groups is 1. The van der Waals surface area contributed by atoms with Crippen LogP contribution in [0.3, 0.4) is 0 Å². The van der Waals surface area contributed by atoms with Gasteiger partial charge >= 0.3 is 0 Å². The van der Waals surface area contributed by atoms with Gasteiger partial charge in [-0.1, -0.05) is 0 Å². The van der Waals surface area contributed by atoms with Crippen molar-refractivity contribution in [2.45, 2.75) is 6.54 Å². The number of hydrogen-bond acceptors (Lipinski definition) is 4. The van der Waals surface area contributed by atoms with Crippen LogP contribution in [-0.2, 0) is 11.3 Å². The fourth-order valence-corrected chi connectivity index (χ4v) is 2.30. The molecular formula is C17H20FIN4O2. The molecule has 2 N–H and O–H groups in total. The number of hydrogen-bond donors (Lipinski definition) is 1. The summed E-state index contributed by atoms with van der Waals surface area (Å²) in [5, 5.41) is 0. The Morgan fingerprint density at radius 1 is 1.20 bits per heavy atom. The van der Waals surface area contributed by atoms with Crippen molar-refractivity contribution in [1.29, 1.82) is 0 Å². The highest BCUT2D eigenvalue weighted by Crippen LogP contribution is 2.21. The van der Waals surface area contributed by atoms with Gasteiger partial charge < -0.3 is 20.1 Å². The van der Waals surface area contributed by atoms with Crippen LogP contribution in [0.2, 0.25) is 0 Å². The molecule has 25 heavy (non-hydrogen) atoms. The van der Waals surface area contributed by atoms with Crippen LogP contribution in [0.5, 0.6) is 11.5 Å². The summed E-state index contributed by atoms with van der Waals surface area (Å²) in [6.07, 6.45) is 1.65. The minimum atomic E-state index is -0.300. The second-order valence-electron chi connectivity index (χ2n) is 5.31. The average molecular weight is 458 g/mol. The van der Waals surface area contributed by atoms with Crippen molar-refractivity contribution in [2.75, 3.05) is 26.3 Å². The molecule has 134 valence electrons. The van der Waals surface area contributed by atoms with Gasteiger partial charge in [0, 0.05) is 25.4 Å². The molecule has 0 atom stereocenters. The molecule has 1 aliphatic rings. The maximum Gasteiger partial charge on any atom is 0.191 e. The van der Waals surface area contributed by atoms with Crippen molar-refractivity contribution >= 4 is 29.9 Å². The summed E-state index contributed by atoms with van der Waals surface area (Å²) in [6, 6.07) is 9.38. The molecule has 2 aromatic rings. The summed E-state index contributed by atoms with van der Waals surface area (Å²) in [5.41, 5.74) is 6.74. The molecule has 0 spiro atoms. The molecule has 0 saturated carbocycles. The number of benzene rings is 1. The van der Waals surface area contributed by atoms with E-state index in [1.54, 1.807) is 30.5 Å². The normalized spacial score (nSPS) is 14.8. The highest BCUT2D eigenvalue weighted by Gasteiger charge is 2.12. The summed E-state index contributed by atoms with van der Waals surface area (Å²) in [4.78, 5) is 10.6. The zero-order valence-electron chi connectivity index (χ0n) is 13.6. The second kappa shape index (κ2) is 9.52. The molecule has 0 radical (unpaired) electrons. The third-order valence-corrected chi connectivity index (χ3v) is 3.58. The molecule has 0 unspecified atom stereocenters. The topological polar surface area (TPSA) is 73.0 Å². The van der Waals surface area contributed by atoms with E-state index < -0.39 is 0 Å². The first-order valence-corrected chi connectivity index (χ1v) is 7.72. The Bertz CT molecular complexity index is 706. The minimum absolute atomic E-state index is 0. The third kappa shape index (κ3) is 5.82. The summed E-state index contributed by atoms with van der Waals surface area (Å²) in [5.74, 6) is 1.37. The van der Waals surface area contributed by atoms with Gasteiger partial charge in [-0.05, 0) is 30.3 Å². The number of nitrogens with two attached hydrogens (primary N) is 1. The van der Waals surface area contributed by atoms with Crippen LogP contribution in [0.1, 0.15) is 5.69 Å². The molecule has 1 aromatic heterocycles. The number of morpholine rings is 1. The van der Waals surface area contributed by atoms with Crippen LogP contribution in [0.4, 0.5) is 4.39 Å². The molecule has 0 bridgehead atoms. The molecule has 1 saturated heterocycles. The summed E-state index contributed by atoms with van der Waals surface area (Å²) in [6.45, 7) is 3.18. The van der Waals surface area contributed by atoms with Gasteiger partial charge in [-0.3, -0.25) is 4.98 Å². The van der Waals surface area contributed by atoms with Crippen LogP contribution >= 0.6 is 24.0 Å². The van der Waals surface area contributed by atoms with Gasteiger partial charge in [0.05, 0.1) is 25.5 Å². The van der Waals surface area contributed by atoms with Crippen molar-refractivity contribution < 1.29 is 13.9 Å². The van der Waals surface area contributed by atoms with Crippen LogP contribution in [0.15, 0.2) is 47.6 Å². The minimum Gasteiger partial charge on any atom is -0.457 e. The third-order valence-electron chi connectivity index (χ3n) is 3.58. The van der Waals surface area contributed by atoms with Gasteiger partial charge in [0.15, 0.2) is 5.96 Å². The maximum absolute atomic E-state index is 12.9. The number of aliphatic imine (C=N–C) groups is 1. The van der Waals surface area contributed by atoms with Crippen LogP contribution in [-0.4, -0.2) is 42.1 Å². The monoisotopic (exact) mass is 458 g/mol. The highest BCUT2D eigenvalue weighted by molar-refractivity contribution is 14.0. The van der Waals surface area contributed by atoms with Crippen molar-refractivity contribution in [3.63, 3.8) is 0 Å². The Labute approximate surface area is 162 Å². The molecule has 0 aliphatic carbocycles.